The molecule has 3 heteroatoms. The molecule has 10 aliphatic heterocycles. The molecule has 2 nitrogen and oxygen atoms in total. The monoisotopic (exact) mass is 346 g/mol. The summed E-state index contributed by atoms with van der Waals surface area (Å²) in [5.41, 5.74) is 1.13. The molecule has 0 saturated carbocycles. The summed E-state index contributed by atoms with van der Waals surface area (Å²) in [6.07, 6.45) is 4.08. The molecule has 0 radical (unpaired) electrons. The van der Waals surface area contributed by atoms with Crippen LogP contribution in [0.5, 0.6) is 5.75 Å². The van der Waals surface area contributed by atoms with E-state index in [2.05, 4.69) is 18.2 Å². The number of hydrogen-bond acceptors (Lipinski definition) is 2. The Morgan fingerprint density at radius 1 is 1.00 bits per heavy atom. The van der Waals surface area contributed by atoms with Crippen molar-refractivity contribution in [2.75, 3.05) is 7.11 Å². The van der Waals surface area contributed by atoms with Crippen LogP contribution in [-0.2, 0) is 11.3 Å². The van der Waals surface area contributed by atoms with Crippen LogP contribution >= 0.6 is 0 Å². The molecular weight excluding hydrogens is 328 g/mol. The molecule has 10 heterocycles. The summed E-state index contributed by atoms with van der Waals surface area (Å²) in [5, 5.41) is 0. The van der Waals surface area contributed by atoms with Crippen LogP contribution in [0.4, 0.5) is 0 Å². The van der Waals surface area contributed by atoms with Gasteiger partial charge in [0.2, 0.25) is 0 Å². The summed E-state index contributed by atoms with van der Waals surface area (Å²) in [7, 11) is 1.69. The van der Waals surface area contributed by atoms with Gasteiger partial charge in [-0.2, -0.15) is 0 Å². The molecule has 1 aromatic carbocycles. The molecule has 4 atom stereocenters. The molecule has 1 spiro atoms. The van der Waals surface area contributed by atoms with E-state index in [9.17, 15) is 4.79 Å². The van der Waals surface area contributed by atoms with Crippen LogP contribution in [0.3, 0.4) is 0 Å². The molecule has 0 N–H and O–H groups in total. The minimum absolute atomic E-state index is 0.377. The Hall–Kier alpha value is -1.05. The third kappa shape index (κ3) is 0.136. The van der Waals surface area contributed by atoms with Crippen molar-refractivity contribution < 1.29 is 16.0 Å². The Bertz CT molecular complexity index is 1260. The van der Waals surface area contributed by atoms with Gasteiger partial charge in [0.05, 0.1) is 0 Å². The van der Waals surface area contributed by atoms with Gasteiger partial charge in [-0.1, -0.05) is 0 Å². The first kappa shape index (κ1) is 9.44. The fraction of sp³-hybridized carbons (Fsp3) is 0.550. The van der Waals surface area contributed by atoms with Crippen molar-refractivity contribution >= 4 is 11.9 Å². The predicted molar refractivity (Wildman–Crippen MR) is 83.5 cm³/mol. The van der Waals surface area contributed by atoms with Gasteiger partial charge in [-0.15, -0.1) is 0 Å². The van der Waals surface area contributed by atoms with E-state index in [0.29, 0.717) is 10.1 Å². The Balaban J connectivity index is 1.12. The number of carbonyl (C=O) groups is 1. The maximum absolute atomic E-state index is 13.4. The molecule has 10 saturated heterocycles. The molecule has 0 amide bonds. The Morgan fingerprint density at radius 3 is 1.96 bits per heavy atom. The maximum atomic E-state index is 13.4. The average molecular weight is 346 g/mol. The van der Waals surface area contributed by atoms with Crippen LogP contribution in [0.15, 0.2) is 30.3 Å². The van der Waals surface area contributed by atoms with Gasteiger partial charge in [0.1, 0.15) is 0 Å². The van der Waals surface area contributed by atoms with Gasteiger partial charge < -0.3 is 0 Å². The summed E-state index contributed by atoms with van der Waals surface area (Å²) in [5.74, 6) is 1.49. The molecule has 10 fully saturated rings. The topological polar surface area (TPSA) is 26.3 Å². The quantitative estimate of drug-likeness (QED) is 0.564. The second-order valence-corrected chi connectivity index (χ2v) is 35.7. The first-order valence-electron chi connectivity index (χ1n) is 9.06. The van der Waals surface area contributed by atoms with Crippen molar-refractivity contribution in [3.8, 4) is 5.75 Å². The molecule has 0 aromatic heterocycles. The summed E-state index contributed by atoms with van der Waals surface area (Å²) in [6.45, 7) is -3.23. The van der Waals surface area contributed by atoms with Gasteiger partial charge in [0, 0.05) is 0 Å². The minimum atomic E-state index is -3.23. The molecule has 4 unspecified atom stereocenters. The third-order valence-corrected chi connectivity index (χ3v) is 58.9. The first-order chi connectivity index (χ1) is 11.0. The molecule has 0 bridgehead atoms. The number of fused-ring (bicyclic) bond motifs is 10. The van der Waals surface area contributed by atoms with Gasteiger partial charge in [0.25, 0.3) is 0 Å². The van der Waals surface area contributed by atoms with E-state index in [4.69, 9.17) is 4.74 Å². The Kier molecular flexibility index (Phi) is 0.396. The van der Waals surface area contributed by atoms with Gasteiger partial charge in [-0.25, -0.2) is 0 Å². The summed E-state index contributed by atoms with van der Waals surface area (Å²) < 4.78 is 5.59. The second-order valence-electron chi connectivity index (χ2n) is 12.2. The van der Waals surface area contributed by atoms with E-state index in [1.54, 1.807) is 7.11 Å². The summed E-state index contributed by atoms with van der Waals surface area (Å²) >= 11 is 0. The van der Waals surface area contributed by atoms with E-state index in [-0.39, 0.29) is 0 Å². The standard InChI is InChI=1S/C15H13O2.C5H5.Fe/c1-17-14-9-6-12(7-10-14)8-11-15(16)13-4-2-3-5-13;1-2-4-5-3-1;/h2-11H,1H3;1-5H;. The van der Waals surface area contributed by atoms with Crippen LogP contribution < -0.4 is 4.74 Å². The summed E-state index contributed by atoms with van der Waals surface area (Å²) in [4.78, 5) is 24.2. The van der Waals surface area contributed by atoms with Crippen molar-refractivity contribution in [3.05, 3.63) is 35.9 Å². The van der Waals surface area contributed by atoms with Gasteiger partial charge >= 0.3 is 124 Å². The van der Waals surface area contributed by atoms with E-state index >= 15 is 0 Å². The predicted octanol–water partition coefficient (Wildman–Crippen LogP) is 5.04. The number of ketones is 1. The van der Waals surface area contributed by atoms with Crippen molar-refractivity contribution in [2.45, 2.75) is 47.7 Å². The molecule has 0 aliphatic carbocycles. The van der Waals surface area contributed by atoms with Gasteiger partial charge in [-0.05, 0) is 0 Å². The third-order valence-electron chi connectivity index (χ3n) is 16.6. The molecule has 11 rings (SSSR count). The normalized spacial score (nSPS) is 91.1. The van der Waals surface area contributed by atoms with Crippen LogP contribution in [0, 0.1) is 0 Å². The molecule has 1 aromatic rings. The molecule has 118 valence electrons. The van der Waals surface area contributed by atoms with Crippen LogP contribution in [0.1, 0.15) is 5.56 Å². The number of ether oxygens (including phenoxy) is 1. The van der Waals surface area contributed by atoms with Crippen LogP contribution in [0.2, 0.25) is 47.7 Å². The number of benzene rings is 1. The van der Waals surface area contributed by atoms with Gasteiger partial charge in [-0.3, -0.25) is 0 Å². The first-order valence-corrected chi connectivity index (χ1v) is 15.3. The molecule has 23 heavy (non-hydrogen) atoms. The van der Waals surface area contributed by atoms with Gasteiger partial charge in [0.15, 0.2) is 0 Å². The van der Waals surface area contributed by atoms with Crippen molar-refractivity contribution in [1.29, 1.82) is 0 Å². The van der Waals surface area contributed by atoms with Crippen molar-refractivity contribution in [1.82, 2.24) is 0 Å². The fourth-order valence-electron chi connectivity index (χ4n) is 17.9. The van der Waals surface area contributed by atoms with Crippen LogP contribution in [0.25, 0.3) is 6.08 Å². The molecular formula is C20H18FeO2. The summed E-state index contributed by atoms with van der Waals surface area (Å²) in [6, 6.07) is 8.08. The number of rotatable bonds is 4. The number of carbonyl (C=O) groups excluding carboxylic acids is 1. The zero-order valence-electron chi connectivity index (χ0n) is 12.8. The number of allylic oxidation sites excluding steroid dienone is 1. The zero-order chi connectivity index (χ0) is 14.7. The fourth-order valence-corrected chi connectivity index (χ4v) is 91.7. The van der Waals surface area contributed by atoms with Crippen molar-refractivity contribution in [3.63, 3.8) is 0 Å². The Morgan fingerprint density at radius 2 is 1.57 bits per heavy atom. The van der Waals surface area contributed by atoms with Crippen molar-refractivity contribution in [2.24, 2.45) is 0 Å². The second kappa shape index (κ2) is 0.965. The van der Waals surface area contributed by atoms with Crippen LogP contribution in [-0.4, -0.2) is 12.9 Å². The SMILES string of the molecule is COc1ccc(C=CC(=O)[C]23[CH]4[CH]5[CH]6[CH]2[Fe]56432789[CH]3[CH]2[CH]7[CH]8[CH]39)cc1. The zero-order valence-corrected chi connectivity index (χ0v) is 13.9. The number of methoxy groups -OCH3 is 1. The van der Waals surface area contributed by atoms with E-state index < -0.39 is 6.51 Å². The Labute approximate surface area is 124 Å². The number of hydrogen-bond donors (Lipinski definition) is 0. The van der Waals surface area contributed by atoms with E-state index in [1.807, 2.05) is 18.2 Å². The van der Waals surface area contributed by atoms with E-state index in [1.165, 1.54) is 33.7 Å². The average Bonchev–Trinajstić information content (AvgIpc) is 3.52. The molecule has 10 aliphatic rings. The van der Waals surface area contributed by atoms with E-state index in [0.717, 1.165) is 20.9 Å².